The Kier molecular flexibility index (Phi) is 5.30. The lowest BCUT2D eigenvalue weighted by Gasteiger charge is -2.32. The average Bonchev–Trinajstić information content (AvgIpc) is 3.17. The number of hydrogen-bond donors (Lipinski definition) is 1. The Labute approximate surface area is 165 Å². The third kappa shape index (κ3) is 4.17. The molecule has 0 saturated carbocycles. The summed E-state index contributed by atoms with van der Waals surface area (Å²) >= 11 is 0. The number of carbonyl (C=O) groups excluding carboxylic acids is 2. The van der Waals surface area contributed by atoms with Crippen molar-refractivity contribution in [3.63, 3.8) is 0 Å². The molecule has 2 aliphatic rings. The predicted octanol–water partition coefficient (Wildman–Crippen LogP) is 2.19. The Morgan fingerprint density at radius 2 is 1.79 bits per heavy atom. The van der Waals surface area contributed by atoms with Crippen molar-refractivity contribution in [3.8, 4) is 5.75 Å². The summed E-state index contributed by atoms with van der Waals surface area (Å²) in [5.74, 6) is 0.882. The quantitative estimate of drug-likeness (QED) is 0.885. The maximum atomic E-state index is 12.5. The molecule has 146 valence electrons. The van der Waals surface area contributed by atoms with Crippen LogP contribution >= 0.6 is 0 Å². The zero-order valence-corrected chi connectivity index (χ0v) is 16.1. The van der Waals surface area contributed by atoms with Crippen LogP contribution in [0, 0.1) is 0 Å². The second-order valence-electron chi connectivity index (χ2n) is 7.43. The van der Waals surface area contributed by atoms with Crippen LogP contribution in [-0.4, -0.2) is 61.4 Å². The average molecular weight is 379 g/mol. The molecule has 4 rings (SSSR count). The first-order valence-corrected chi connectivity index (χ1v) is 9.71. The molecule has 0 unspecified atom stereocenters. The first-order valence-electron chi connectivity index (χ1n) is 9.71. The first-order chi connectivity index (χ1) is 13.6. The zero-order chi connectivity index (χ0) is 19.5. The normalized spacial score (nSPS) is 16.4. The van der Waals surface area contributed by atoms with Crippen LogP contribution in [0.1, 0.15) is 21.5 Å². The van der Waals surface area contributed by atoms with Crippen molar-refractivity contribution >= 4 is 17.5 Å². The highest BCUT2D eigenvalue weighted by Gasteiger charge is 2.19. The Morgan fingerprint density at radius 1 is 1.04 bits per heavy atom. The number of nitrogens with zero attached hydrogens (tertiary/aromatic N) is 2. The van der Waals surface area contributed by atoms with Gasteiger partial charge in [0.1, 0.15) is 5.75 Å². The van der Waals surface area contributed by atoms with E-state index in [-0.39, 0.29) is 11.8 Å². The van der Waals surface area contributed by atoms with E-state index in [1.807, 2.05) is 41.3 Å². The van der Waals surface area contributed by atoms with Gasteiger partial charge in [-0.25, -0.2) is 0 Å². The van der Waals surface area contributed by atoms with E-state index < -0.39 is 0 Å². The molecule has 0 radical (unpaired) electrons. The smallest absolute Gasteiger partial charge is 0.255 e. The van der Waals surface area contributed by atoms with Crippen LogP contribution in [0.2, 0.25) is 0 Å². The summed E-state index contributed by atoms with van der Waals surface area (Å²) in [7, 11) is 2.07. The van der Waals surface area contributed by atoms with Crippen molar-refractivity contribution in [2.45, 2.75) is 12.8 Å². The van der Waals surface area contributed by atoms with Crippen molar-refractivity contribution < 1.29 is 14.3 Å². The second kappa shape index (κ2) is 8.02. The predicted molar refractivity (Wildman–Crippen MR) is 108 cm³/mol. The SMILES string of the molecule is CN1CCN(C(=O)Cc2ccc(NC(=O)c3ccc4c(c3)CCO4)cc2)CC1. The number of amides is 2. The van der Waals surface area contributed by atoms with Gasteiger partial charge in [-0.2, -0.15) is 0 Å². The molecule has 6 heteroatoms. The molecule has 2 aromatic rings. The maximum Gasteiger partial charge on any atom is 0.255 e. The minimum atomic E-state index is -0.143. The molecule has 0 spiro atoms. The summed E-state index contributed by atoms with van der Waals surface area (Å²) in [6.07, 6.45) is 1.23. The Hall–Kier alpha value is -2.86. The molecule has 28 heavy (non-hydrogen) atoms. The van der Waals surface area contributed by atoms with E-state index in [1.165, 1.54) is 0 Å². The number of fused-ring (bicyclic) bond motifs is 1. The Morgan fingerprint density at radius 3 is 2.54 bits per heavy atom. The highest BCUT2D eigenvalue weighted by molar-refractivity contribution is 6.04. The van der Waals surface area contributed by atoms with Crippen molar-refractivity contribution in [2.24, 2.45) is 0 Å². The summed E-state index contributed by atoms with van der Waals surface area (Å²) in [6.45, 7) is 4.09. The van der Waals surface area contributed by atoms with Crippen LogP contribution in [0.15, 0.2) is 42.5 Å². The number of hydrogen-bond acceptors (Lipinski definition) is 4. The van der Waals surface area contributed by atoms with Gasteiger partial charge in [0.15, 0.2) is 0 Å². The molecule has 2 heterocycles. The fraction of sp³-hybridized carbons (Fsp3) is 0.364. The fourth-order valence-corrected chi connectivity index (χ4v) is 3.58. The van der Waals surface area contributed by atoms with Crippen LogP contribution < -0.4 is 10.1 Å². The van der Waals surface area contributed by atoms with Gasteiger partial charge in [0, 0.05) is 43.9 Å². The number of ether oxygens (including phenoxy) is 1. The molecular formula is C22H25N3O3. The van der Waals surface area contributed by atoms with Crippen molar-refractivity contribution in [1.82, 2.24) is 9.80 Å². The number of rotatable bonds is 4. The minimum absolute atomic E-state index is 0.143. The van der Waals surface area contributed by atoms with E-state index in [4.69, 9.17) is 4.74 Å². The summed E-state index contributed by atoms with van der Waals surface area (Å²) in [4.78, 5) is 29.1. The van der Waals surface area contributed by atoms with Gasteiger partial charge in [0.05, 0.1) is 13.0 Å². The first kappa shape index (κ1) is 18.5. The van der Waals surface area contributed by atoms with Gasteiger partial charge in [0.2, 0.25) is 5.91 Å². The highest BCUT2D eigenvalue weighted by atomic mass is 16.5. The molecule has 1 saturated heterocycles. The number of anilines is 1. The summed E-state index contributed by atoms with van der Waals surface area (Å²) in [5.41, 5.74) is 3.37. The third-order valence-corrected chi connectivity index (χ3v) is 5.37. The molecule has 0 aromatic heterocycles. The zero-order valence-electron chi connectivity index (χ0n) is 16.1. The van der Waals surface area contributed by atoms with E-state index in [0.29, 0.717) is 18.6 Å². The van der Waals surface area contributed by atoms with Gasteiger partial charge in [-0.15, -0.1) is 0 Å². The lowest BCUT2D eigenvalue weighted by atomic mass is 10.1. The van der Waals surface area contributed by atoms with Crippen molar-refractivity contribution in [2.75, 3.05) is 45.2 Å². The largest absolute Gasteiger partial charge is 0.493 e. The molecule has 2 amide bonds. The summed E-state index contributed by atoms with van der Waals surface area (Å²) in [6, 6.07) is 13.0. The van der Waals surface area contributed by atoms with E-state index >= 15 is 0 Å². The molecular weight excluding hydrogens is 354 g/mol. The number of likely N-dealkylation sites (N-methyl/N-ethyl adjacent to an activating group) is 1. The molecule has 0 atom stereocenters. The minimum Gasteiger partial charge on any atom is -0.493 e. The lowest BCUT2D eigenvalue weighted by Crippen LogP contribution is -2.47. The van der Waals surface area contributed by atoms with Gasteiger partial charge < -0.3 is 19.9 Å². The van der Waals surface area contributed by atoms with Gasteiger partial charge in [0.25, 0.3) is 5.91 Å². The van der Waals surface area contributed by atoms with Crippen LogP contribution in [0.25, 0.3) is 0 Å². The highest BCUT2D eigenvalue weighted by Crippen LogP contribution is 2.26. The molecule has 1 fully saturated rings. The monoisotopic (exact) mass is 379 g/mol. The summed E-state index contributed by atoms with van der Waals surface area (Å²) < 4.78 is 5.48. The molecule has 6 nitrogen and oxygen atoms in total. The second-order valence-corrected chi connectivity index (χ2v) is 7.43. The van der Waals surface area contributed by atoms with Crippen molar-refractivity contribution in [1.29, 1.82) is 0 Å². The van der Waals surface area contributed by atoms with Gasteiger partial charge >= 0.3 is 0 Å². The third-order valence-electron chi connectivity index (χ3n) is 5.37. The molecule has 2 aliphatic heterocycles. The van der Waals surface area contributed by atoms with Crippen LogP contribution in [0.4, 0.5) is 5.69 Å². The number of benzene rings is 2. The fourth-order valence-electron chi connectivity index (χ4n) is 3.58. The van der Waals surface area contributed by atoms with Crippen molar-refractivity contribution in [3.05, 3.63) is 59.2 Å². The Bertz CT molecular complexity index is 871. The standard InChI is InChI=1S/C22H25N3O3/c1-24-9-11-25(12-10-24)21(26)14-16-2-5-19(6-3-16)23-22(27)18-4-7-20-17(15-18)8-13-28-20/h2-7,15H,8-14H2,1H3,(H,23,27). The van der Waals surface area contributed by atoms with Gasteiger partial charge in [-0.3, -0.25) is 9.59 Å². The van der Waals surface area contributed by atoms with Crippen LogP contribution in [0.3, 0.4) is 0 Å². The van der Waals surface area contributed by atoms with E-state index in [0.717, 1.165) is 55.2 Å². The van der Waals surface area contributed by atoms with E-state index in [9.17, 15) is 9.59 Å². The van der Waals surface area contributed by atoms with E-state index in [1.54, 1.807) is 6.07 Å². The molecule has 1 N–H and O–H groups in total. The Balaban J connectivity index is 1.34. The van der Waals surface area contributed by atoms with E-state index in [2.05, 4.69) is 17.3 Å². The topological polar surface area (TPSA) is 61.9 Å². The maximum absolute atomic E-state index is 12.5. The van der Waals surface area contributed by atoms with Crippen LogP contribution in [0.5, 0.6) is 5.75 Å². The number of piperazine rings is 1. The van der Waals surface area contributed by atoms with Crippen LogP contribution in [-0.2, 0) is 17.6 Å². The van der Waals surface area contributed by atoms with Gasteiger partial charge in [-0.1, -0.05) is 12.1 Å². The lowest BCUT2D eigenvalue weighted by molar-refractivity contribution is -0.132. The number of carbonyl (C=O) groups is 2. The van der Waals surface area contributed by atoms with Gasteiger partial charge in [-0.05, 0) is 48.5 Å². The summed E-state index contributed by atoms with van der Waals surface area (Å²) in [5, 5.41) is 2.92. The molecule has 0 aliphatic carbocycles. The number of nitrogens with one attached hydrogen (secondary N) is 1. The molecule has 2 aromatic carbocycles. The molecule has 0 bridgehead atoms.